The molecular weight excluding hydrogens is 276 g/mol. The Balaban J connectivity index is 1.93. The molecule has 1 aromatic carbocycles. The molecule has 1 fully saturated rings. The molecule has 3 N–H and O–H groups in total. The minimum atomic E-state index is -0.315. The van der Waals surface area contributed by atoms with Crippen molar-refractivity contribution in [2.24, 2.45) is 5.73 Å². The number of aryl methyl sites for hydroxylation is 1. The summed E-state index contributed by atoms with van der Waals surface area (Å²) in [5.41, 5.74) is 10.7. The van der Waals surface area contributed by atoms with E-state index >= 15 is 0 Å². The Kier molecular flexibility index (Phi) is 3.79. The lowest BCUT2D eigenvalue weighted by atomic mass is 9.74. The van der Waals surface area contributed by atoms with E-state index < -0.39 is 0 Å². The maximum absolute atomic E-state index is 11.4. The van der Waals surface area contributed by atoms with Gasteiger partial charge in [0, 0.05) is 22.7 Å². The Morgan fingerprint density at radius 2 is 2.23 bits per heavy atom. The van der Waals surface area contributed by atoms with E-state index in [-0.39, 0.29) is 11.5 Å². The molecule has 1 aliphatic carbocycles. The Labute approximate surface area is 130 Å². The number of rotatable bonds is 4. The third kappa shape index (κ3) is 2.55. The molecule has 22 heavy (non-hydrogen) atoms. The van der Waals surface area contributed by atoms with Crippen LogP contribution in [0.2, 0.25) is 0 Å². The Bertz CT molecular complexity index is 739. The summed E-state index contributed by atoms with van der Waals surface area (Å²) in [7, 11) is 0. The van der Waals surface area contributed by atoms with Gasteiger partial charge in [0.2, 0.25) is 0 Å². The number of fused-ring (bicyclic) bond motifs is 1. The average Bonchev–Trinajstić information content (AvgIpc) is 2.80. The SMILES string of the molecule is CCOC(=O)/C=C/c1ccc2[nH]c(C3(N)CCC3)c(C)c2c1. The minimum absolute atomic E-state index is 0.190. The van der Waals surface area contributed by atoms with Crippen LogP contribution in [0.5, 0.6) is 0 Å². The largest absolute Gasteiger partial charge is 0.463 e. The van der Waals surface area contributed by atoms with Gasteiger partial charge in [-0.25, -0.2) is 4.79 Å². The lowest BCUT2D eigenvalue weighted by molar-refractivity contribution is -0.137. The number of ether oxygens (including phenoxy) is 1. The molecule has 3 rings (SSSR count). The Morgan fingerprint density at radius 3 is 2.86 bits per heavy atom. The molecule has 1 aliphatic rings. The van der Waals surface area contributed by atoms with E-state index in [0.29, 0.717) is 6.61 Å². The van der Waals surface area contributed by atoms with Crippen molar-refractivity contribution in [3.05, 3.63) is 41.1 Å². The van der Waals surface area contributed by atoms with Gasteiger partial charge in [-0.1, -0.05) is 6.07 Å². The van der Waals surface area contributed by atoms with E-state index in [0.717, 1.165) is 35.0 Å². The Morgan fingerprint density at radius 1 is 1.45 bits per heavy atom. The Hall–Kier alpha value is -2.07. The smallest absolute Gasteiger partial charge is 0.330 e. The number of carbonyl (C=O) groups is 1. The molecule has 0 bridgehead atoms. The zero-order valence-electron chi connectivity index (χ0n) is 13.1. The normalized spacial score (nSPS) is 16.9. The second kappa shape index (κ2) is 5.61. The number of carbonyl (C=O) groups excluding carboxylic acids is 1. The first-order valence-corrected chi connectivity index (χ1v) is 7.80. The van der Waals surface area contributed by atoms with E-state index in [1.807, 2.05) is 12.1 Å². The molecule has 0 unspecified atom stereocenters. The van der Waals surface area contributed by atoms with Gasteiger partial charge in [0.25, 0.3) is 0 Å². The lowest BCUT2D eigenvalue weighted by Crippen LogP contribution is -2.44. The predicted molar refractivity (Wildman–Crippen MR) is 88.4 cm³/mol. The summed E-state index contributed by atoms with van der Waals surface area (Å²) < 4.78 is 4.90. The molecule has 2 aromatic rings. The first-order valence-electron chi connectivity index (χ1n) is 7.80. The number of nitrogens with one attached hydrogen (secondary N) is 1. The molecule has 1 aromatic heterocycles. The summed E-state index contributed by atoms with van der Waals surface area (Å²) in [6, 6.07) is 6.11. The zero-order valence-corrected chi connectivity index (χ0v) is 13.1. The number of hydrogen-bond donors (Lipinski definition) is 2. The van der Waals surface area contributed by atoms with Crippen molar-refractivity contribution >= 4 is 22.9 Å². The van der Waals surface area contributed by atoms with Crippen LogP contribution in [0.15, 0.2) is 24.3 Å². The van der Waals surface area contributed by atoms with E-state index in [1.165, 1.54) is 18.1 Å². The number of benzene rings is 1. The molecule has 0 saturated heterocycles. The van der Waals surface area contributed by atoms with E-state index in [2.05, 4.69) is 18.0 Å². The highest BCUT2D eigenvalue weighted by atomic mass is 16.5. The summed E-state index contributed by atoms with van der Waals surface area (Å²) in [6.07, 6.45) is 6.51. The summed E-state index contributed by atoms with van der Waals surface area (Å²) in [5, 5.41) is 1.16. The van der Waals surface area contributed by atoms with Crippen LogP contribution in [0.4, 0.5) is 0 Å². The van der Waals surface area contributed by atoms with E-state index in [9.17, 15) is 4.79 Å². The predicted octanol–water partition coefficient (Wildman–Crippen LogP) is 3.39. The summed E-state index contributed by atoms with van der Waals surface area (Å²) in [5.74, 6) is -0.315. The maximum Gasteiger partial charge on any atom is 0.330 e. The van der Waals surface area contributed by atoms with E-state index in [1.54, 1.807) is 13.0 Å². The number of aromatic amines is 1. The van der Waals surface area contributed by atoms with Crippen LogP contribution in [-0.4, -0.2) is 17.6 Å². The second-order valence-electron chi connectivity index (χ2n) is 6.03. The van der Waals surface area contributed by atoms with Crippen LogP contribution in [0, 0.1) is 6.92 Å². The van der Waals surface area contributed by atoms with Gasteiger partial charge in [-0.2, -0.15) is 0 Å². The average molecular weight is 298 g/mol. The standard InChI is InChI=1S/C18H22N2O2/c1-3-22-16(21)8-6-13-5-7-15-14(11-13)12(2)17(20-15)18(19)9-4-10-18/h5-8,11,20H,3-4,9-10,19H2,1-2H3/b8-6+. The first kappa shape index (κ1) is 14.9. The van der Waals surface area contributed by atoms with E-state index in [4.69, 9.17) is 10.5 Å². The van der Waals surface area contributed by atoms with Gasteiger partial charge in [0.05, 0.1) is 12.1 Å². The summed E-state index contributed by atoms with van der Waals surface area (Å²) in [6.45, 7) is 4.30. The van der Waals surface area contributed by atoms with Crippen molar-refractivity contribution in [3.63, 3.8) is 0 Å². The molecular formula is C18H22N2O2. The van der Waals surface area contributed by atoms with Gasteiger partial charge in [0.1, 0.15) is 0 Å². The molecule has 0 radical (unpaired) electrons. The van der Waals surface area contributed by atoms with Gasteiger partial charge in [0.15, 0.2) is 0 Å². The van der Waals surface area contributed by atoms with Crippen molar-refractivity contribution in [1.82, 2.24) is 4.98 Å². The molecule has 0 aliphatic heterocycles. The number of H-pyrrole nitrogens is 1. The van der Waals surface area contributed by atoms with Gasteiger partial charge in [-0.3, -0.25) is 0 Å². The van der Waals surface area contributed by atoms with Crippen molar-refractivity contribution in [2.45, 2.75) is 38.6 Å². The first-order chi connectivity index (χ1) is 10.5. The zero-order chi connectivity index (χ0) is 15.7. The minimum Gasteiger partial charge on any atom is -0.463 e. The topological polar surface area (TPSA) is 68.1 Å². The molecule has 0 spiro atoms. The highest BCUT2D eigenvalue weighted by Gasteiger charge is 2.37. The lowest BCUT2D eigenvalue weighted by Gasteiger charge is -2.38. The molecule has 1 saturated carbocycles. The molecule has 116 valence electrons. The van der Waals surface area contributed by atoms with Gasteiger partial charge >= 0.3 is 5.97 Å². The fourth-order valence-corrected chi connectivity index (χ4v) is 3.11. The molecule has 1 heterocycles. The number of aromatic nitrogens is 1. The van der Waals surface area contributed by atoms with Crippen molar-refractivity contribution in [1.29, 1.82) is 0 Å². The van der Waals surface area contributed by atoms with Crippen LogP contribution < -0.4 is 5.73 Å². The quantitative estimate of drug-likeness (QED) is 0.671. The monoisotopic (exact) mass is 298 g/mol. The van der Waals surface area contributed by atoms with Crippen LogP contribution in [0.25, 0.3) is 17.0 Å². The molecule has 4 nitrogen and oxygen atoms in total. The number of esters is 1. The van der Waals surface area contributed by atoms with Crippen LogP contribution in [0.1, 0.15) is 43.0 Å². The molecule has 0 atom stereocenters. The van der Waals surface area contributed by atoms with Crippen LogP contribution >= 0.6 is 0 Å². The summed E-state index contributed by atoms with van der Waals surface area (Å²) >= 11 is 0. The summed E-state index contributed by atoms with van der Waals surface area (Å²) in [4.78, 5) is 14.9. The second-order valence-corrected chi connectivity index (χ2v) is 6.03. The highest BCUT2D eigenvalue weighted by molar-refractivity contribution is 5.90. The third-order valence-electron chi connectivity index (χ3n) is 4.52. The van der Waals surface area contributed by atoms with Gasteiger partial charge in [-0.05, 0) is 62.4 Å². The number of nitrogens with two attached hydrogens (primary N) is 1. The third-order valence-corrected chi connectivity index (χ3v) is 4.52. The van der Waals surface area contributed by atoms with Gasteiger partial charge < -0.3 is 15.5 Å². The fourth-order valence-electron chi connectivity index (χ4n) is 3.11. The molecule has 4 heteroatoms. The van der Waals surface area contributed by atoms with Crippen LogP contribution in [0.3, 0.4) is 0 Å². The molecule has 0 amide bonds. The van der Waals surface area contributed by atoms with Crippen LogP contribution in [-0.2, 0) is 15.1 Å². The van der Waals surface area contributed by atoms with Crippen molar-refractivity contribution in [2.75, 3.05) is 6.61 Å². The number of hydrogen-bond acceptors (Lipinski definition) is 3. The van der Waals surface area contributed by atoms with Crippen molar-refractivity contribution < 1.29 is 9.53 Å². The van der Waals surface area contributed by atoms with Crippen molar-refractivity contribution in [3.8, 4) is 0 Å². The van der Waals surface area contributed by atoms with Gasteiger partial charge in [-0.15, -0.1) is 0 Å². The maximum atomic E-state index is 11.4. The highest BCUT2D eigenvalue weighted by Crippen LogP contribution is 2.41. The fraction of sp³-hybridized carbons (Fsp3) is 0.389.